The van der Waals surface area contributed by atoms with Gasteiger partial charge in [-0.15, -0.1) is 0 Å². The molecule has 0 fully saturated rings. The molecule has 1 aromatic carbocycles. The normalized spacial score (nSPS) is 20.0. The SMILES string of the molecule is CCC(CC1Cc2ccccc2O1)C(C)=O. The van der Waals surface area contributed by atoms with Crippen molar-refractivity contribution in [1.29, 1.82) is 0 Å². The van der Waals surface area contributed by atoms with E-state index in [1.807, 2.05) is 18.2 Å². The predicted octanol–water partition coefficient (Wildman–Crippen LogP) is 3.00. The summed E-state index contributed by atoms with van der Waals surface area (Å²) in [7, 11) is 0. The van der Waals surface area contributed by atoms with Gasteiger partial charge in [0.2, 0.25) is 0 Å². The summed E-state index contributed by atoms with van der Waals surface area (Å²) in [6, 6.07) is 8.13. The van der Waals surface area contributed by atoms with Gasteiger partial charge in [0.05, 0.1) is 0 Å². The van der Waals surface area contributed by atoms with Gasteiger partial charge in [-0.2, -0.15) is 0 Å². The van der Waals surface area contributed by atoms with Gasteiger partial charge in [0.15, 0.2) is 0 Å². The summed E-state index contributed by atoms with van der Waals surface area (Å²) in [6.07, 6.45) is 2.89. The van der Waals surface area contributed by atoms with Gasteiger partial charge < -0.3 is 4.74 Å². The third kappa shape index (κ3) is 2.26. The van der Waals surface area contributed by atoms with Crippen LogP contribution in [0.5, 0.6) is 5.75 Å². The Hall–Kier alpha value is -1.31. The number of fused-ring (bicyclic) bond motifs is 1. The molecule has 2 nitrogen and oxygen atoms in total. The van der Waals surface area contributed by atoms with Crippen LogP contribution in [0.4, 0.5) is 0 Å². The van der Waals surface area contributed by atoms with Crippen LogP contribution in [0.3, 0.4) is 0 Å². The minimum Gasteiger partial charge on any atom is -0.490 e. The Labute approximate surface area is 96.6 Å². The molecule has 0 aliphatic carbocycles. The molecule has 0 saturated carbocycles. The third-order valence-electron chi connectivity index (χ3n) is 3.33. The number of hydrogen-bond acceptors (Lipinski definition) is 2. The van der Waals surface area contributed by atoms with E-state index in [9.17, 15) is 4.79 Å². The van der Waals surface area contributed by atoms with E-state index in [-0.39, 0.29) is 17.8 Å². The molecule has 0 spiro atoms. The Bertz CT molecular complexity index is 359. The average Bonchev–Trinajstić information content (AvgIpc) is 2.67. The van der Waals surface area contributed by atoms with E-state index in [2.05, 4.69) is 13.0 Å². The molecule has 1 aromatic rings. The molecule has 0 N–H and O–H groups in total. The average molecular weight is 218 g/mol. The number of carbonyl (C=O) groups is 1. The van der Waals surface area contributed by atoms with Crippen molar-refractivity contribution in [3.8, 4) is 5.75 Å². The van der Waals surface area contributed by atoms with Crippen molar-refractivity contribution >= 4 is 5.78 Å². The van der Waals surface area contributed by atoms with Gasteiger partial charge in [-0.3, -0.25) is 4.79 Å². The lowest BCUT2D eigenvalue weighted by Gasteiger charge is -2.16. The number of Topliss-reactive ketones (excluding diaryl/α,β-unsaturated/α-hetero) is 1. The Balaban J connectivity index is 1.99. The van der Waals surface area contributed by atoms with E-state index >= 15 is 0 Å². The highest BCUT2D eigenvalue weighted by molar-refractivity contribution is 5.78. The lowest BCUT2D eigenvalue weighted by atomic mass is 9.93. The molecule has 0 radical (unpaired) electrons. The molecule has 2 rings (SSSR count). The number of ether oxygens (including phenoxy) is 1. The van der Waals surface area contributed by atoms with Crippen LogP contribution >= 0.6 is 0 Å². The van der Waals surface area contributed by atoms with E-state index in [0.717, 1.165) is 25.0 Å². The first-order chi connectivity index (χ1) is 7.70. The maximum absolute atomic E-state index is 11.4. The summed E-state index contributed by atoms with van der Waals surface area (Å²) < 4.78 is 5.84. The number of hydrogen-bond donors (Lipinski definition) is 0. The van der Waals surface area contributed by atoms with E-state index in [4.69, 9.17) is 4.74 Å². The molecule has 0 bridgehead atoms. The monoisotopic (exact) mass is 218 g/mol. The predicted molar refractivity (Wildman–Crippen MR) is 63.6 cm³/mol. The zero-order valence-corrected chi connectivity index (χ0v) is 9.90. The van der Waals surface area contributed by atoms with Crippen molar-refractivity contribution < 1.29 is 9.53 Å². The van der Waals surface area contributed by atoms with E-state index in [1.54, 1.807) is 6.92 Å². The number of benzene rings is 1. The smallest absolute Gasteiger partial charge is 0.133 e. The van der Waals surface area contributed by atoms with Crippen molar-refractivity contribution in [3.63, 3.8) is 0 Å². The zero-order valence-electron chi connectivity index (χ0n) is 9.90. The molecule has 1 aliphatic heterocycles. The number of carbonyl (C=O) groups excluding carboxylic acids is 1. The molecule has 2 heteroatoms. The van der Waals surface area contributed by atoms with Gasteiger partial charge in [-0.25, -0.2) is 0 Å². The molecular weight excluding hydrogens is 200 g/mol. The first kappa shape index (κ1) is 11.2. The molecule has 2 unspecified atom stereocenters. The molecule has 0 aromatic heterocycles. The lowest BCUT2D eigenvalue weighted by molar-refractivity contribution is -0.121. The van der Waals surface area contributed by atoms with Gasteiger partial charge in [0, 0.05) is 12.3 Å². The lowest BCUT2D eigenvalue weighted by Crippen LogP contribution is -2.22. The van der Waals surface area contributed by atoms with Crippen LogP contribution in [0.2, 0.25) is 0 Å². The molecule has 16 heavy (non-hydrogen) atoms. The second-order valence-corrected chi connectivity index (χ2v) is 4.50. The molecular formula is C14H18O2. The van der Waals surface area contributed by atoms with Crippen LogP contribution in [0.25, 0.3) is 0 Å². The van der Waals surface area contributed by atoms with Crippen molar-refractivity contribution in [3.05, 3.63) is 29.8 Å². The fourth-order valence-electron chi connectivity index (χ4n) is 2.32. The quantitative estimate of drug-likeness (QED) is 0.776. The van der Waals surface area contributed by atoms with Crippen LogP contribution < -0.4 is 4.74 Å². The van der Waals surface area contributed by atoms with Crippen LogP contribution in [-0.2, 0) is 11.2 Å². The summed E-state index contributed by atoms with van der Waals surface area (Å²) in [5.41, 5.74) is 1.27. The van der Waals surface area contributed by atoms with E-state index in [0.29, 0.717) is 0 Å². The molecule has 1 heterocycles. The second kappa shape index (κ2) is 4.69. The van der Waals surface area contributed by atoms with E-state index < -0.39 is 0 Å². The standard InChI is InChI=1S/C14H18O2/c1-3-11(10(2)15)8-13-9-12-6-4-5-7-14(12)16-13/h4-7,11,13H,3,8-9H2,1-2H3. The molecule has 2 atom stereocenters. The highest BCUT2D eigenvalue weighted by atomic mass is 16.5. The molecule has 1 aliphatic rings. The Kier molecular flexibility index (Phi) is 3.28. The summed E-state index contributed by atoms with van der Waals surface area (Å²) >= 11 is 0. The van der Waals surface area contributed by atoms with Crippen molar-refractivity contribution in [2.45, 2.75) is 39.2 Å². The van der Waals surface area contributed by atoms with Gasteiger partial charge in [0.1, 0.15) is 17.6 Å². The molecule has 86 valence electrons. The number of ketones is 1. The third-order valence-corrected chi connectivity index (χ3v) is 3.33. The van der Waals surface area contributed by atoms with Crippen LogP contribution in [0, 0.1) is 5.92 Å². The topological polar surface area (TPSA) is 26.3 Å². The van der Waals surface area contributed by atoms with Crippen LogP contribution in [0.15, 0.2) is 24.3 Å². The summed E-state index contributed by atoms with van der Waals surface area (Å²) in [5, 5.41) is 0. The Morgan fingerprint density at radius 2 is 2.25 bits per heavy atom. The van der Waals surface area contributed by atoms with Crippen LogP contribution in [0.1, 0.15) is 32.3 Å². The number of para-hydroxylation sites is 1. The summed E-state index contributed by atoms with van der Waals surface area (Å²) in [5.74, 6) is 1.42. The van der Waals surface area contributed by atoms with Gasteiger partial charge >= 0.3 is 0 Å². The fraction of sp³-hybridized carbons (Fsp3) is 0.500. The molecule has 0 saturated heterocycles. The Morgan fingerprint density at radius 3 is 2.88 bits per heavy atom. The zero-order chi connectivity index (χ0) is 11.5. The maximum atomic E-state index is 11.4. The number of rotatable bonds is 4. The van der Waals surface area contributed by atoms with Crippen LogP contribution in [-0.4, -0.2) is 11.9 Å². The van der Waals surface area contributed by atoms with Gasteiger partial charge in [-0.05, 0) is 31.4 Å². The Morgan fingerprint density at radius 1 is 1.50 bits per heavy atom. The summed E-state index contributed by atoms with van der Waals surface area (Å²) in [6.45, 7) is 3.74. The first-order valence-corrected chi connectivity index (χ1v) is 5.95. The van der Waals surface area contributed by atoms with E-state index in [1.165, 1.54) is 5.56 Å². The van der Waals surface area contributed by atoms with Gasteiger partial charge in [0.25, 0.3) is 0 Å². The highest BCUT2D eigenvalue weighted by Gasteiger charge is 2.26. The minimum atomic E-state index is 0.152. The highest BCUT2D eigenvalue weighted by Crippen LogP contribution is 2.31. The largest absolute Gasteiger partial charge is 0.490 e. The minimum absolute atomic E-state index is 0.152. The first-order valence-electron chi connectivity index (χ1n) is 5.95. The molecule has 0 amide bonds. The van der Waals surface area contributed by atoms with Gasteiger partial charge in [-0.1, -0.05) is 25.1 Å². The second-order valence-electron chi connectivity index (χ2n) is 4.50. The van der Waals surface area contributed by atoms with Crippen molar-refractivity contribution in [2.24, 2.45) is 5.92 Å². The van der Waals surface area contributed by atoms with Crippen molar-refractivity contribution in [2.75, 3.05) is 0 Å². The van der Waals surface area contributed by atoms with Crippen molar-refractivity contribution in [1.82, 2.24) is 0 Å². The fourth-order valence-corrected chi connectivity index (χ4v) is 2.32. The summed E-state index contributed by atoms with van der Waals surface area (Å²) in [4.78, 5) is 11.4. The maximum Gasteiger partial charge on any atom is 0.133 e.